The molecule has 4 nitrogen and oxygen atoms in total. The minimum atomic E-state index is -0.947. The van der Waals surface area contributed by atoms with E-state index in [4.69, 9.17) is 9.47 Å². The van der Waals surface area contributed by atoms with Gasteiger partial charge in [0.15, 0.2) is 0 Å². The van der Waals surface area contributed by atoms with Crippen LogP contribution in [0.5, 0.6) is 0 Å². The average Bonchev–Trinajstić information content (AvgIpc) is 2.54. The summed E-state index contributed by atoms with van der Waals surface area (Å²) in [5.74, 6) is -0.877. The lowest BCUT2D eigenvalue weighted by Gasteiger charge is -2.20. The monoisotopic (exact) mass is 312 g/mol. The third kappa shape index (κ3) is 2.41. The fraction of sp³-hybridized carbons (Fsp3) is 0.385. The summed E-state index contributed by atoms with van der Waals surface area (Å²) in [4.78, 5) is 23.4. The van der Waals surface area contributed by atoms with E-state index in [1.807, 2.05) is 0 Å². The molecule has 0 amide bonds. The zero-order valence-corrected chi connectivity index (χ0v) is 11.9. The zero-order chi connectivity index (χ0) is 13.5. The molecule has 1 aromatic carbocycles. The molecule has 0 saturated heterocycles. The van der Waals surface area contributed by atoms with E-state index in [9.17, 15) is 9.59 Å². The van der Waals surface area contributed by atoms with Gasteiger partial charge in [-0.25, -0.2) is 4.79 Å². The Morgan fingerprint density at radius 2 is 2.06 bits per heavy atom. The van der Waals surface area contributed by atoms with Crippen molar-refractivity contribution >= 4 is 27.9 Å². The van der Waals surface area contributed by atoms with Crippen molar-refractivity contribution in [2.75, 3.05) is 0 Å². The van der Waals surface area contributed by atoms with E-state index >= 15 is 0 Å². The van der Waals surface area contributed by atoms with Crippen LogP contribution in [0.15, 0.2) is 22.7 Å². The fourth-order valence-corrected chi connectivity index (χ4v) is 1.88. The second-order valence-corrected chi connectivity index (χ2v) is 6.04. The molecule has 5 heteroatoms. The molecule has 0 radical (unpaired) electrons. The maximum Gasteiger partial charge on any atom is 0.342 e. The van der Waals surface area contributed by atoms with E-state index < -0.39 is 23.6 Å². The molecule has 0 aliphatic carbocycles. The minimum absolute atomic E-state index is 0.409. The molecular weight excluding hydrogens is 300 g/mol. The Kier molecular flexibility index (Phi) is 3.19. The first-order valence-electron chi connectivity index (χ1n) is 5.50. The summed E-state index contributed by atoms with van der Waals surface area (Å²) in [7, 11) is 0. The largest absolute Gasteiger partial charge is 0.420 e. The normalized spacial score (nSPS) is 18.2. The maximum absolute atomic E-state index is 11.8. The van der Waals surface area contributed by atoms with Crippen LogP contribution in [0.3, 0.4) is 0 Å². The van der Waals surface area contributed by atoms with Crippen molar-refractivity contribution in [3.63, 3.8) is 0 Å². The van der Waals surface area contributed by atoms with Gasteiger partial charge < -0.3 is 9.47 Å². The number of hydrogen-bond acceptors (Lipinski definition) is 4. The van der Waals surface area contributed by atoms with Crippen LogP contribution in [0.25, 0.3) is 0 Å². The van der Waals surface area contributed by atoms with Crippen molar-refractivity contribution < 1.29 is 19.1 Å². The highest BCUT2D eigenvalue weighted by atomic mass is 79.9. The lowest BCUT2D eigenvalue weighted by molar-refractivity contribution is -0.177. The zero-order valence-electron chi connectivity index (χ0n) is 10.3. The highest BCUT2D eigenvalue weighted by Crippen LogP contribution is 2.35. The van der Waals surface area contributed by atoms with Gasteiger partial charge in [0, 0.05) is 10.0 Å². The van der Waals surface area contributed by atoms with Crippen LogP contribution in [0.1, 0.15) is 43.0 Å². The summed E-state index contributed by atoms with van der Waals surface area (Å²) in [5.41, 5.74) is 0.373. The van der Waals surface area contributed by atoms with Gasteiger partial charge in [-0.2, -0.15) is 0 Å². The summed E-state index contributed by atoms with van der Waals surface area (Å²) in [6.07, 6.45) is -0.947. The quantitative estimate of drug-likeness (QED) is 0.747. The van der Waals surface area contributed by atoms with Crippen molar-refractivity contribution in [1.29, 1.82) is 0 Å². The average molecular weight is 313 g/mol. The molecule has 0 spiro atoms. The van der Waals surface area contributed by atoms with Crippen LogP contribution in [-0.2, 0) is 14.3 Å². The lowest BCUT2D eigenvalue weighted by atomic mass is 9.97. The van der Waals surface area contributed by atoms with E-state index in [1.165, 1.54) is 0 Å². The predicted molar refractivity (Wildman–Crippen MR) is 67.8 cm³/mol. The van der Waals surface area contributed by atoms with Crippen molar-refractivity contribution in [3.8, 4) is 0 Å². The molecule has 1 aliphatic rings. The van der Waals surface area contributed by atoms with E-state index in [0.717, 1.165) is 4.47 Å². The summed E-state index contributed by atoms with van der Waals surface area (Å²) >= 11 is 3.31. The molecule has 96 valence electrons. The van der Waals surface area contributed by atoms with Gasteiger partial charge in [0.2, 0.25) is 0 Å². The molecule has 1 heterocycles. The number of cyclic esters (lactones) is 1. The molecule has 0 N–H and O–H groups in total. The number of esters is 2. The second kappa shape index (κ2) is 4.39. The number of halogens is 1. The molecule has 0 saturated carbocycles. The highest BCUT2D eigenvalue weighted by Gasteiger charge is 2.36. The standard InChI is InChI=1S/C13H13BrO4/c1-13(2,3)12(16)18-11-9-6-7(14)4-5-8(9)10(15)17-11/h4-6,11H,1-3H3/t11-/m1/s1. The Bertz CT molecular complexity index is 516. The van der Waals surface area contributed by atoms with Gasteiger partial charge in [-0.15, -0.1) is 0 Å². The molecule has 2 rings (SSSR count). The van der Waals surface area contributed by atoms with Crippen LogP contribution in [0.4, 0.5) is 0 Å². The topological polar surface area (TPSA) is 52.6 Å². The molecule has 0 bridgehead atoms. The van der Waals surface area contributed by atoms with E-state index in [-0.39, 0.29) is 0 Å². The van der Waals surface area contributed by atoms with Crippen molar-refractivity contribution in [1.82, 2.24) is 0 Å². The maximum atomic E-state index is 11.8. The van der Waals surface area contributed by atoms with Gasteiger partial charge in [0.05, 0.1) is 11.0 Å². The molecule has 0 aromatic heterocycles. The van der Waals surface area contributed by atoms with Gasteiger partial charge >= 0.3 is 11.9 Å². The summed E-state index contributed by atoms with van der Waals surface area (Å²) in [6, 6.07) is 5.11. The van der Waals surface area contributed by atoms with Crippen LogP contribution in [0.2, 0.25) is 0 Å². The molecule has 1 aliphatic heterocycles. The molecule has 18 heavy (non-hydrogen) atoms. The van der Waals surface area contributed by atoms with E-state index in [2.05, 4.69) is 15.9 Å². The Balaban J connectivity index is 2.27. The third-order valence-corrected chi connectivity index (χ3v) is 3.02. The van der Waals surface area contributed by atoms with E-state index in [1.54, 1.807) is 39.0 Å². The highest BCUT2D eigenvalue weighted by molar-refractivity contribution is 9.10. The van der Waals surface area contributed by atoms with Gasteiger partial charge in [-0.3, -0.25) is 4.79 Å². The van der Waals surface area contributed by atoms with Crippen molar-refractivity contribution in [3.05, 3.63) is 33.8 Å². The summed E-state index contributed by atoms with van der Waals surface area (Å²) < 4.78 is 11.1. The molecule has 1 aromatic rings. The van der Waals surface area contributed by atoms with Crippen LogP contribution in [-0.4, -0.2) is 11.9 Å². The molecular formula is C13H13BrO4. The number of hydrogen-bond donors (Lipinski definition) is 0. The predicted octanol–water partition coefficient (Wildman–Crippen LogP) is 3.21. The van der Waals surface area contributed by atoms with Crippen LogP contribution < -0.4 is 0 Å². The van der Waals surface area contributed by atoms with Gasteiger partial charge in [0.1, 0.15) is 0 Å². The Morgan fingerprint density at radius 3 is 2.67 bits per heavy atom. The first-order chi connectivity index (χ1) is 8.29. The number of carbonyl (C=O) groups is 2. The summed E-state index contributed by atoms with van der Waals surface area (Å²) in [6.45, 7) is 5.23. The van der Waals surface area contributed by atoms with Crippen molar-refractivity contribution in [2.24, 2.45) is 5.41 Å². The van der Waals surface area contributed by atoms with Crippen molar-refractivity contribution in [2.45, 2.75) is 27.1 Å². The van der Waals surface area contributed by atoms with Gasteiger partial charge in [-0.1, -0.05) is 15.9 Å². The number of benzene rings is 1. The third-order valence-electron chi connectivity index (χ3n) is 2.53. The SMILES string of the molecule is CC(C)(C)C(=O)O[C@H]1OC(=O)c2ccc(Br)cc21. The molecule has 0 unspecified atom stereocenters. The first-order valence-corrected chi connectivity index (χ1v) is 6.30. The summed E-state index contributed by atoms with van der Waals surface area (Å²) in [5, 5.41) is 0. The Morgan fingerprint density at radius 1 is 1.39 bits per heavy atom. The van der Waals surface area contributed by atoms with Gasteiger partial charge in [0.25, 0.3) is 6.29 Å². The smallest absolute Gasteiger partial charge is 0.342 e. The lowest BCUT2D eigenvalue weighted by Crippen LogP contribution is -2.25. The van der Waals surface area contributed by atoms with E-state index in [0.29, 0.717) is 11.1 Å². The number of fused-ring (bicyclic) bond motifs is 1. The van der Waals surface area contributed by atoms with Gasteiger partial charge in [-0.05, 0) is 39.0 Å². The Labute approximate surface area is 113 Å². The Hall–Kier alpha value is -1.36. The van der Waals surface area contributed by atoms with Crippen LogP contribution >= 0.6 is 15.9 Å². The second-order valence-electron chi connectivity index (χ2n) is 5.12. The first kappa shape index (κ1) is 13.1. The minimum Gasteiger partial charge on any atom is -0.420 e. The molecule has 1 atom stereocenters. The fourth-order valence-electron chi connectivity index (χ4n) is 1.50. The molecule has 0 fully saturated rings. The number of carbonyl (C=O) groups excluding carboxylic acids is 2. The number of rotatable bonds is 1. The van der Waals surface area contributed by atoms with Crippen LogP contribution in [0, 0.1) is 5.41 Å². The number of ether oxygens (including phenoxy) is 2.